The van der Waals surface area contributed by atoms with Gasteiger partial charge >= 0.3 is 0 Å². The van der Waals surface area contributed by atoms with E-state index in [4.69, 9.17) is 10.5 Å². The van der Waals surface area contributed by atoms with Crippen molar-refractivity contribution >= 4 is 11.7 Å². The number of nitrogens with zero attached hydrogens (tertiary/aromatic N) is 2. The fourth-order valence-corrected chi connectivity index (χ4v) is 1.97. The third-order valence-electron chi connectivity index (χ3n) is 3.09. The molecule has 6 nitrogen and oxygen atoms in total. The number of rotatable bonds is 5. The lowest BCUT2D eigenvalue weighted by Gasteiger charge is -2.26. The molecule has 2 rings (SSSR count). The first-order valence-electron chi connectivity index (χ1n) is 6.55. The second-order valence-electron chi connectivity index (χ2n) is 4.54. The van der Waals surface area contributed by atoms with Crippen LogP contribution in [0.25, 0.3) is 0 Å². The Morgan fingerprint density at radius 2 is 2.21 bits per heavy atom. The third kappa shape index (κ3) is 4.50. The fourth-order valence-electron chi connectivity index (χ4n) is 1.97. The predicted octanol–water partition coefficient (Wildman–Crippen LogP) is 0.116. The number of morpholine rings is 1. The van der Waals surface area contributed by atoms with Crippen LogP contribution < -0.4 is 11.1 Å². The van der Waals surface area contributed by atoms with Gasteiger partial charge in [0.15, 0.2) is 0 Å². The Balaban J connectivity index is 1.64. The number of nitrogen functional groups attached to an aromatic ring is 1. The normalized spacial score (nSPS) is 16.2. The highest BCUT2D eigenvalue weighted by Crippen LogP contribution is 2.01. The number of ether oxygens (including phenoxy) is 1. The molecule has 0 aliphatic carbocycles. The molecule has 2 heterocycles. The zero-order valence-electron chi connectivity index (χ0n) is 11.0. The molecule has 1 aromatic heterocycles. The summed E-state index contributed by atoms with van der Waals surface area (Å²) in [6.45, 7) is 5.24. The Kier molecular flexibility index (Phi) is 5.11. The Bertz CT molecular complexity index is 402. The molecule has 0 atom stereocenters. The molecule has 0 radical (unpaired) electrons. The van der Waals surface area contributed by atoms with Crippen LogP contribution in [0, 0.1) is 0 Å². The summed E-state index contributed by atoms with van der Waals surface area (Å²) in [7, 11) is 0. The lowest BCUT2D eigenvalue weighted by molar-refractivity contribution is 0.0374. The van der Waals surface area contributed by atoms with E-state index in [0.717, 1.165) is 39.3 Å². The van der Waals surface area contributed by atoms with Crippen LogP contribution in [0.3, 0.4) is 0 Å². The summed E-state index contributed by atoms with van der Waals surface area (Å²) < 4.78 is 5.28. The van der Waals surface area contributed by atoms with Gasteiger partial charge in [0.05, 0.1) is 18.8 Å². The number of amides is 1. The number of nitrogens with one attached hydrogen (secondary N) is 1. The Morgan fingerprint density at radius 3 is 2.89 bits per heavy atom. The number of hydrogen-bond acceptors (Lipinski definition) is 5. The summed E-state index contributed by atoms with van der Waals surface area (Å²) in [6, 6.07) is 3.31. The fraction of sp³-hybridized carbons (Fsp3) is 0.538. The van der Waals surface area contributed by atoms with E-state index in [0.29, 0.717) is 17.9 Å². The van der Waals surface area contributed by atoms with Crippen molar-refractivity contribution < 1.29 is 9.53 Å². The SMILES string of the molecule is Nc1ccc(C(=O)NCCCN2CCOCC2)cn1. The molecule has 1 aromatic rings. The van der Waals surface area contributed by atoms with Crippen LogP contribution in [-0.2, 0) is 4.74 Å². The van der Waals surface area contributed by atoms with E-state index in [-0.39, 0.29) is 5.91 Å². The summed E-state index contributed by atoms with van der Waals surface area (Å²) >= 11 is 0. The van der Waals surface area contributed by atoms with Crippen molar-refractivity contribution in [3.63, 3.8) is 0 Å². The molecule has 1 amide bonds. The lowest BCUT2D eigenvalue weighted by Crippen LogP contribution is -2.38. The summed E-state index contributed by atoms with van der Waals surface area (Å²) in [6.07, 6.45) is 2.43. The van der Waals surface area contributed by atoms with Gasteiger partial charge in [-0.2, -0.15) is 0 Å². The van der Waals surface area contributed by atoms with Crippen LogP contribution in [-0.4, -0.2) is 55.2 Å². The van der Waals surface area contributed by atoms with E-state index in [1.165, 1.54) is 6.20 Å². The number of pyridine rings is 1. The molecule has 19 heavy (non-hydrogen) atoms. The highest BCUT2D eigenvalue weighted by atomic mass is 16.5. The van der Waals surface area contributed by atoms with Gasteiger partial charge in [-0.15, -0.1) is 0 Å². The van der Waals surface area contributed by atoms with Gasteiger partial charge in [-0.3, -0.25) is 9.69 Å². The zero-order valence-corrected chi connectivity index (χ0v) is 11.0. The topological polar surface area (TPSA) is 80.5 Å². The predicted molar refractivity (Wildman–Crippen MR) is 72.9 cm³/mol. The minimum atomic E-state index is -0.102. The van der Waals surface area contributed by atoms with Gasteiger partial charge in [-0.05, 0) is 25.1 Å². The minimum absolute atomic E-state index is 0.102. The van der Waals surface area contributed by atoms with Gasteiger partial charge in [0.2, 0.25) is 0 Å². The number of carbonyl (C=O) groups is 1. The second-order valence-corrected chi connectivity index (χ2v) is 4.54. The summed E-state index contributed by atoms with van der Waals surface area (Å²) in [4.78, 5) is 18.0. The summed E-state index contributed by atoms with van der Waals surface area (Å²) in [5.74, 6) is 0.318. The molecular formula is C13H20N4O2. The molecule has 0 unspecified atom stereocenters. The Labute approximate surface area is 112 Å². The number of aromatic nitrogens is 1. The smallest absolute Gasteiger partial charge is 0.252 e. The molecule has 1 fully saturated rings. The van der Waals surface area contributed by atoms with Crippen molar-refractivity contribution in [2.75, 3.05) is 45.1 Å². The first-order chi connectivity index (χ1) is 9.25. The van der Waals surface area contributed by atoms with E-state index in [2.05, 4.69) is 15.2 Å². The largest absolute Gasteiger partial charge is 0.384 e. The van der Waals surface area contributed by atoms with Gasteiger partial charge in [0, 0.05) is 25.8 Å². The molecule has 6 heteroatoms. The maximum absolute atomic E-state index is 11.8. The number of carbonyl (C=O) groups excluding carboxylic acids is 1. The van der Waals surface area contributed by atoms with Crippen LogP contribution >= 0.6 is 0 Å². The highest BCUT2D eigenvalue weighted by Gasteiger charge is 2.10. The molecule has 0 bridgehead atoms. The van der Waals surface area contributed by atoms with Crippen LogP contribution in [0.1, 0.15) is 16.8 Å². The van der Waals surface area contributed by atoms with Gasteiger partial charge in [-0.1, -0.05) is 0 Å². The van der Waals surface area contributed by atoms with E-state index >= 15 is 0 Å². The molecule has 1 saturated heterocycles. The van der Waals surface area contributed by atoms with Gasteiger partial charge in [-0.25, -0.2) is 4.98 Å². The Morgan fingerprint density at radius 1 is 1.42 bits per heavy atom. The standard InChI is InChI=1S/C13H20N4O2/c14-12-3-2-11(10-16-12)13(18)15-4-1-5-17-6-8-19-9-7-17/h2-3,10H,1,4-9H2,(H2,14,16)(H,15,18). The summed E-state index contributed by atoms with van der Waals surface area (Å²) in [5.41, 5.74) is 6.01. The van der Waals surface area contributed by atoms with Crippen LogP contribution in [0.4, 0.5) is 5.82 Å². The number of hydrogen-bond donors (Lipinski definition) is 2. The van der Waals surface area contributed by atoms with Crippen molar-refractivity contribution in [3.05, 3.63) is 23.9 Å². The molecule has 1 aliphatic heterocycles. The van der Waals surface area contributed by atoms with E-state index in [9.17, 15) is 4.79 Å². The second kappa shape index (κ2) is 7.06. The monoisotopic (exact) mass is 264 g/mol. The molecular weight excluding hydrogens is 244 g/mol. The number of nitrogens with two attached hydrogens (primary N) is 1. The minimum Gasteiger partial charge on any atom is -0.384 e. The van der Waals surface area contributed by atoms with E-state index in [1.54, 1.807) is 12.1 Å². The van der Waals surface area contributed by atoms with Crippen molar-refractivity contribution in [1.29, 1.82) is 0 Å². The summed E-state index contributed by atoms with van der Waals surface area (Å²) in [5, 5.41) is 2.88. The Hall–Kier alpha value is -1.66. The van der Waals surface area contributed by atoms with Gasteiger partial charge in [0.1, 0.15) is 5.82 Å². The third-order valence-corrected chi connectivity index (χ3v) is 3.09. The maximum atomic E-state index is 11.8. The lowest BCUT2D eigenvalue weighted by atomic mass is 10.2. The maximum Gasteiger partial charge on any atom is 0.252 e. The average molecular weight is 264 g/mol. The quantitative estimate of drug-likeness (QED) is 0.738. The van der Waals surface area contributed by atoms with Crippen LogP contribution in [0.5, 0.6) is 0 Å². The van der Waals surface area contributed by atoms with Crippen molar-refractivity contribution in [2.24, 2.45) is 0 Å². The van der Waals surface area contributed by atoms with Crippen LogP contribution in [0.2, 0.25) is 0 Å². The van der Waals surface area contributed by atoms with Crippen molar-refractivity contribution in [1.82, 2.24) is 15.2 Å². The molecule has 0 aromatic carbocycles. The van der Waals surface area contributed by atoms with Crippen LogP contribution in [0.15, 0.2) is 18.3 Å². The molecule has 0 spiro atoms. The van der Waals surface area contributed by atoms with E-state index in [1.807, 2.05) is 0 Å². The average Bonchev–Trinajstić information content (AvgIpc) is 2.45. The van der Waals surface area contributed by atoms with E-state index < -0.39 is 0 Å². The van der Waals surface area contributed by atoms with Crippen molar-refractivity contribution in [3.8, 4) is 0 Å². The molecule has 0 saturated carbocycles. The first kappa shape index (κ1) is 13.8. The first-order valence-corrected chi connectivity index (χ1v) is 6.55. The van der Waals surface area contributed by atoms with Crippen molar-refractivity contribution in [2.45, 2.75) is 6.42 Å². The molecule has 3 N–H and O–H groups in total. The van der Waals surface area contributed by atoms with Gasteiger partial charge in [0.25, 0.3) is 5.91 Å². The molecule has 1 aliphatic rings. The van der Waals surface area contributed by atoms with Gasteiger partial charge < -0.3 is 15.8 Å². The molecule has 104 valence electrons. The zero-order chi connectivity index (χ0) is 13.5. The highest BCUT2D eigenvalue weighted by molar-refractivity contribution is 5.93. The number of anilines is 1.